The summed E-state index contributed by atoms with van der Waals surface area (Å²) in [6, 6.07) is 15.1. The molecular weight excluding hydrogens is 522 g/mol. The van der Waals surface area contributed by atoms with Crippen LogP contribution in [0.2, 0.25) is 0 Å². The van der Waals surface area contributed by atoms with E-state index in [4.69, 9.17) is 18.9 Å². The van der Waals surface area contributed by atoms with Gasteiger partial charge >= 0.3 is 0 Å². The van der Waals surface area contributed by atoms with E-state index in [1.165, 1.54) is 0 Å². The van der Waals surface area contributed by atoms with Crippen LogP contribution in [0, 0.1) is 0 Å². The number of nitrogens with zero attached hydrogens (tertiary/aromatic N) is 2. The van der Waals surface area contributed by atoms with E-state index in [1.54, 1.807) is 19.1 Å². The average Bonchev–Trinajstić information content (AvgIpc) is 3.46. The first-order valence-corrected chi connectivity index (χ1v) is 14.2. The summed E-state index contributed by atoms with van der Waals surface area (Å²) in [5, 5.41) is 3.17. The van der Waals surface area contributed by atoms with Gasteiger partial charge in [0.1, 0.15) is 11.3 Å². The van der Waals surface area contributed by atoms with Gasteiger partial charge in [-0.2, -0.15) is 0 Å². The van der Waals surface area contributed by atoms with Crippen LogP contribution in [0.15, 0.2) is 48.5 Å². The molecular formula is C32H35N3O6. The van der Waals surface area contributed by atoms with Crippen molar-refractivity contribution in [3.05, 3.63) is 76.5 Å². The van der Waals surface area contributed by atoms with Gasteiger partial charge in [0.15, 0.2) is 11.5 Å². The lowest BCUT2D eigenvalue weighted by molar-refractivity contribution is -0.124. The van der Waals surface area contributed by atoms with Crippen molar-refractivity contribution in [2.45, 2.75) is 57.3 Å². The van der Waals surface area contributed by atoms with Crippen LogP contribution in [-0.4, -0.2) is 61.2 Å². The third-order valence-corrected chi connectivity index (χ3v) is 8.08. The van der Waals surface area contributed by atoms with Crippen molar-refractivity contribution in [1.82, 2.24) is 15.2 Å². The van der Waals surface area contributed by atoms with Gasteiger partial charge in [0.25, 0.3) is 5.91 Å². The molecule has 214 valence electrons. The third kappa shape index (κ3) is 5.86. The van der Waals surface area contributed by atoms with E-state index in [0.29, 0.717) is 67.7 Å². The number of rotatable bonds is 3. The number of fused-ring (bicyclic) bond motifs is 6. The molecule has 0 unspecified atom stereocenters. The van der Waals surface area contributed by atoms with Gasteiger partial charge in [-0.15, -0.1) is 0 Å². The summed E-state index contributed by atoms with van der Waals surface area (Å²) in [4.78, 5) is 33.3. The number of methoxy groups -OCH3 is 2. The first-order chi connectivity index (χ1) is 20.0. The Morgan fingerprint density at radius 1 is 1.02 bits per heavy atom. The molecule has 3 aliphatic rings. The Bertz CT molecular complexity index is 1460. The number of carbonyl (C=O) groups excluding carboxylic acids is 2. The zero-order chi connectivity index (χ0) is 28.3. The van der Waals surface area contributed by atoms with E-state index in [2.05, 4.69) is 10.3 Å². The quantitative estimate of drug-likeness (QED) is 0.514. The number of carbonyl (C=O) groups is 2. The molecule has 0 saturated carbocycles. The minimum absolute atomic E-state index is 0.0941. The predicted molar refractivity (Wildman–Crippen MR) is 152 cm³/mol. The highest BCUT2D eigenvalue weighted by atomic mass is 16.5. The number of piperidine rings is 1. The van der Waals surface area contributed by atoms with Gasteiger partial charge in [0.2, 0.25) is 11.8 Å². The van der Waals surface area contributed by atoms with E-state index in [1.807, 2.05) is 48.5 Å². The Morgan fingerprint density at radius 2 is 1.93 bits per heavy atom. The molecule has 2 amide bonds. The van der Waals surface area contributed by atoms with Crippen LogP contribution in [-0.2, 0) is 35.4 Å². The second kappa shape index (κ2) is 11.8. The van der Waals surface area contributed by atoms with Crippen molar-refractivity contribution in [3.63, 3.8) is 0 Å². The molecule has 1 aromatic heterocycles. The molecule has 0 radical (unpaired) electrons. The third-order valence-electron chi connectivity index (χ3n) is 8.08. The van der Waals surface area contributed by atoms with Crippen molar-refractivity contribution in [3.8, 4) is 23.1 Å². The molecule has 9 nitrogen and oxygen atoms in total. The summed E-state index contributed by atoms with van der Waals surface area (Å²) in [7, 11) is 3.15. The molecule has 1 N–H and O–H groups in total. The average molecular weight is 558 g/mol. The van der Waals surface area contributed by atoms with Crippen molar-refractivity contribution < 1.29 is 28.5 Å². The Balaban J connectivity index is 1.25. The molecule has 3 heterocycles. The molecule has 1 saturated heterocycles. The number of hydrogen-bond donors (Lipinski definition) is 1. The number of pyridine rings is 1. The van der Waals surface area contributed by atoms with Gasteiger partial charge in [-0.25, -0.2) is 4.98 Å². The first kappa shape index (κ1) is 27.1. The molecule has 1 fully saturated rings. The van der Waals surface area contributed by atoms with E-state index < -0.39 is 0 Å². The van der Waals surface area contributed by atoms with Crippen molar-refractivity contribution >= 4 is 11.8 Å². The summed E-state index contributed by atoms with van der Waals surface area (Å²) >= 11 is 0. The first-order valence-electron chi connectivity index (χ1n) is 14.2. The number of likely N-dealkylation sites (tertiary alicyclic amines) is 1. The van der Waals surface area contributed by atoms with E-state index in [9.17, 15) is 9.59 Å². The Hall–Kier alpha value is -4.11. The number of hydrogen-bond acceptors (Lipinski definition) is 7. The fraction of sp³-hybridized carbons (Fsp3) is 0.406. The van der Waals surface area contributed by atoms with E-state index in [-0.39, 0.29) is 24.0 Å². The summed E-state index contributed by atoms with van der Waals surface area (Å²) in [5.74, 6) is 2.03. The van der Waals surface area contributed by atoms with Gasteiger partial charge in [-0.05, 0) is 79.1 Å². The SMILES string of the molecule is COc1ccc2cc1Oc1cccc(c1)CO[C@@H]1CCN(C(=O)c3cc4c(nc3OC)CCC4)C[C@@H]1NC(=O)CC2. The van der Waals surface area contributed by atoms with Crippen LogP contribution >= 0.6 is 0 Å². The highest BCUT2D eigenvalue weighted by molar-refractivity contribution is 5.97. The molecule has 2 aromatic carbocycles. The monoisotopic (exact) mass is 557 g/mol. The van der Waals surface area contributed by atoms with Gasteiger partial charge in [-0.3, -0.25) is 9.59 Å². The lowest BCUT2D eigenvalue weighted by atomic mass is 9.99. The second-order valence-corrected chi connectivity index (χ2v) is 10.8. The number of amides is 2. The van der Waals surface area contributed by atoms with Gasteiger partial charge in [0, 0.05) is 25.2 Å². The Morgan fingerprint density at radius 3 is 2.78 bits per heavy atom. The minimum Gasteiger partial charge on any atom is -0.493 e. The summed E-state index contributed by atoms with van der Waals surface area (Å²) in [6.45, 7) is 1.19. The fourth-order valence-corrected chi connectivity index (χ4v) is 5.91. The molecule has 9 heteroatoms. The molecule has 3 aromatic rings. The largest absolute Gasteiger partial charge is 0.493 e. The Labute approximate surface area is 239 Å². The highest BCUT2D eigenvalue weighted by Gasteiger charge is 2.35. The van der Waals surface area contributed by atoms with Gasteiger partial charge in [-0.1, -0.05) is 18.2 Å². The number of ether oxygens (including phenoxy) is 4. The van der Waals surface area contributed by atoms with Crippen LogP contribution in [0.25, 0.3) is 0 Å². The lowest BCUT2D eigenvalue weighted by Gasteiger charge is -2.39. The molecule has 0 spiro atoms. The summed E-state index contributed by atoms with van der Waals surface area (Å²) in [5.41, 5.74) is 4.51. The topological polar surface area (TPSA) is 99.2 Å². The molecule has 2 aliphatic heterocycles. The Kier molecular flexibility index (Phi) is 7.78. The number of aryl methyl sites for hydroxylation is 3. The van der Waals surface area contributed by atoms with Crippen LogP contribution in [0.3, 0.4) is 0 Å². The van der Waals surface area contributed by atoms with Crippen molar-refractivity contribution in [2.24, 2.45) is 0 Å². The number of nitrogens with one attached hydrogen (secondary N) is 1. The maximum atomic E-state index is 13.7. The van der Waals surface area contributed by atoms with Crippen LogP contribution < -0.4 is 19.5 Å². The molecule has 1 aliphatic carbocycles. The van der Waals surface area contributed by atoms with Crippen molar-refractivity contribution in [1.29, 1.82) is 0 Å². The van der Waals surface area contributed by atoms with Crippen LogP contribution in [0.5, 0.6) is 23.1 Å². The van der Waals surface area contributed by atoms with Crippen LogP contribution in [0.4, 0.5) is 0 Å². The molecule has 6 rings (SSSR count). The van der Waals surface area contributed by atoms with Gasteiger partial charge < -0.3 is 29.2 Å². The van der Waals surface area contributed by atoms with Crippen LogP contribution in [0.1, 0.15) is 52.0 Å². The zero-order valence-electron chi connectivity index (χ0n) is 23.5. The maximum Gasteiger partial charge on any atom is 0.259 e. The standard InChI is InChI=1S/C32H35N3O6/c1-38-28-11-9-20-10-12-30(36)33-26-18-35(32(37)24-17-22-6-4-8-25(22)34-31(24)39-2)14-13-27(26)40-19-21-5-3-7-23(15-21)41-29(28)16-20/h3,5,7,9,11,15-17,26-27H,4,6,8,10,12-14,18-19H2,1-2H3,(H,33,36)/t26-,27+/m0/s1. The molecule has 41 heavy (non-hydrogen) atoms. The summed E-state index contributed by atoms with van der Waals surface area (Å²) < 4.78 is 23.6. The highest BCUT2D eigenvalue weighted by Crippen LogP contribution is 2.34. The van der Waals surface area contributed by atoms with Crippen molar-refractivity contribution in [2.75, 3.05) is 27.3 Å². The minimum atomic E-state index is -0.357. The van der Waals surface area contributed by atoms with E-state index in [0.717, 1.165) is 41.6 Å². The maximum absolute atomic E-state index is 13.7. The normalized spacial score (nSPS) is 20.4. The zero-order valence-corrected chi connectivity index (χ0v) is 23.5. The second-order valence-electron chi connectivity index (χ2n) is 10.8. The molecule has 4 bridgehead atoms. The number of aromatic nitrogens is 1. The lowest BCUT2D eigenvalue weighted by Crippen LogP contribution is -2.57. The number of benzene rings is 2. The summed E-state index contributed by atoms with van der Waals surface area (Å²) in [6.07, 6.45) is 4.02. The fourth-order valence-electron chi connectivity index (χ4n) is 5.91. The molecule has 2 atom stereocenters. The van der Waals surface area contributed by atoms with E-state index >= 15 is 0 Å². The predicted octanol–water partition coefficient (Wildman–Crippen LogP) is 4.24. The smallest absolute Gasteiger partial charge is 0.259 e. The van der Waals surface area contributed by atoms with Gasteiger partial charge in [0.05, 0.1) is 33.0 Å².